The Morgan fingerprint density at radius 3 is 2.59 bits per heavy atom. The maximum atomic E-state index is 8.78. The van der Waals surface area contributed by atoms with Crippen LogP contribution in [-0.4, -0.2) is 9.55 Å². The van der Waals surface area contributed by atoms with Crippen molar-refractivity contribution in [2.45, 2.75) is 13.3 Å². The minimum Gasteiger partial charge on any atom is -0.330 e. The lowest BCUT2D eigenvalue weighted by molar-refractivity contribution is 0.860. The maximum Gasteiger partial charge on any atom is 0.140 e. The van der Waals surface area contributed by atoms with Gasteiger partial charge in [0.05, 0.1) is 23.9 Å². The van der Waals surface area contributed by atoms with Crippen LogP contribution in [0, 0.1) is 18.3 Å². The minimum absolute atomic E-state index is 0.378. The van der Waals surface area contributed by atoms with Gasteiger partial charge in [0.25, 0.3) is 0 Å². The third-order valence-corrected chi connectivity index (χ3v) is 3.01. The molecule has 86 valence electrons. The first-order valence-corrected chi connectivity index (χ1v) is 5.66. The highest BCUT2D eigenvalue weighted by Gasteiger charge is 2.12. The molecule has 0 bridgehead atoms. The molecule has 2 aromatic rings. The molecule has 1 aromatic carbocycles. The molecule has 0 radical (unpaired) electrons. The maximum absolute atomic E-state index is 8.78. The van der Waals surface area contributed by atoms with Crippen LogP contribution in [0.2, 0.25) is 5.02 Å². The van der Waals surface area contributed by atoms with Gasteiger partial charge in [-0.1, -0.05) is 11.6 Å². The predicted molar refractivity (Wildman–Crippen MR) is 67.7 cm³/mol. The molecule has 0 atom stereocenters. The Labute approximate surface area is 105 Å². The Morgan fingerprint density at radius 1 is 1.35 bits per heavy atom. The number of aryl methyl sites for hydroxylation is 1. The molecule has 1 heterocycles. The van der Waals surface area contributed by atoms with Crippen LogP contribution >= 0.6 is 11.6 Å². The van der Waals surface area contributed by atoms with Gasteiger partial charge in [-0.25, -0.2) is 4.98 Å². The van der Waals surface area contributed by atoms with Crippen molar-refractivity contribution < 1.29 is 0 Å². The van der Waals surface area contributed by atoms with E-state index in [0.717, 1.165) is 22.8 Å². The molecule has 0 amide bonds. The first-order chi connectivity index (χ1) is 8.13. The molecule has 0 aliphatic carbocycles. The molecule has 0 fully saturated rings. The second-order valence-electron chi connectivity index (χ2n) is 3.87. The standard InChI is InChI=1S/C13H12ClN3/c1-9-12(7-8-15)17(2)13(16-9)10-3-5-11(14)6-4-10/h3-6H,7H2,1-2H3. The lowest BCUT2D eigenvalue weighted by Gasteiger charge is -2.04. The van der Waals surface area contributed by atoms with Gasteiger partial charge in [0.15, 0.2) is 0 Å². The highest BCUT2D eigenvalue weighted by Crippen LogP contribution is 2.23. The molecular weight excluding hydrogens is 234 g/mol. The largest absolute Gasteiger partial charge is 0.330 e. The molecule has 0 N–H and O–H groups in total. The SMILES string of the molecule is Cc1nc(-c2ccc(Cl)cc2)n(C)c1CC#N. The number of imidazole rings is 1. The van der Waals surface area contributed by atoms with Gasteiger partial charge in [0, 0.05) is 17.6 Å². The van der Waals surface area contributed by atoms with Gasteiger partial charge in [-0.3, -0.25) is 0 Å². The van der Waals surface area contributed by atoms with Crippen LogP contribution in [0.25, 0.3) is 11.4 Å². The summed E-state index contributed by atoms with van der Waals surface area (Å²) in [6.45, 7) is 1.92. The van der Waals surface area contributed by atoms with Crippen molar-refractivity contribution in [1.29, 1.82) is 5.26 Å². The lowest BCUT2D eigenvalue weighted by atomic mass is 10.2. The van der Waals surface area contributed by atoms with E-state index in [-0.39, 0.29) is 0 Å². The van der Waals surface area contributed by atoms with Crippen molar-refractivity contribution >= 4 is 11.6 Å². The monoisotopic (exact) mass is 245 g/mol. The van der Waals surface area contributed by atoms with Gasteiger partial charge >= 0.3 is 0 Å². The van der Waals surface area contributed by atoms with E-state index >= 15 is 0 Å². The molecular formula is C13H12ClN3. The van der Waals surface area contributed by atoms with Gasteiger partial charge in [-0.05, 0) is 31.2 Å². The first-order valence-electron chi connectivity index (χ1n) is 5.28. The summed E-state index contributed by atoms with van der Waals surface area (Å²) in [7, 11) is 1.93. The van der Waals surface area contributed by atoms with E-state index in [2.05, 4.69) is 11.1 Å². The van der Waals surface area contributed by atoms with Gasteiger partial charge < -0.3 is 4.57 Å². The highest BCUT2D eigenvalue weighted by atomic mass is 35.5. The first kappa shape index (κ1) is 11.7. The zero-order chi connectivity index (χ0) is 12.4. The number of rotatable bonds is 2. The van der Waals surface area contributed by atoms with Crippen molar-refractivity contribution in [2.75, 3.05) is 0 Å². The van der Waals surface area contributed by atoms with Crippen LogP contribution in [0.4, 0.5) is 0 Å². The number of nitrogens with zero attached hydrogens (tertiary/aromatic N) is 3. The molecule has 4 heteroatoms. The number of hydrogen-bond donors (Lipinski definition) is 0. The predicted octanol–water partition coefficient (Wildman–Crippen LogP) is 3.12. The quantitative estimate of drug-likeness (QED) is 0.816. The minimum atomic E-state index is 0.378. The van der Waals surface area contributed by atoms with Crippen molar-refractivity contribution in [2.24, 2.45) is 7.05 Å². The second kappa shape index (κ2) is 4.60. The van der Waals surface area contributed by atoms with Crippen molar-refractivity contribution in [3.05, 3.63) is 40.7 Å². The van der Waals surface area contributed by atoms with E-state index in [1.54, 1.807) is 0 Å². The Kier molecular flexibility index (Phi) is 3.16. The third-order valence-electron chi connectivity index (χ3n) is 2.76. The zero-order valence-electron chi connectivity index (χ0n) is 9.74. The van der Waals surface area contributed by atoms with E-state index in [1.165, 1.54) is 0 Å². The number of aromatic nitrogens is 2. The Bertz CT molecular complexity index is 576. The number of benzene rings is 1. The van der Waals surface area contributed by atoms with Crippen LogP contribution in [0.3, 0.4) is 0 Å². The normalized spacial score (nSPS) is 10.2. The fraction of sp³-hybridized carbons (Fsp3) is 0.231. The summed E-state index contributed by atoms with van der Waals surface area (Å²) in [4.78, 5) is 4.50. The Morgan fingerprint density at radius 2 is 2.00 bits per heavy atom. The topological polar surface area (TPSA) is 41.6 Å². The van der Waals surface area contributed by atoms with Crippen LogP contribution in [0.15, 0.2) is 24.3 Å². The molecule has 17 heavy (non-hydrogen) atoms. The molecule has 3 nitrogen and oxygen atoms in total. The smallest absolute Gasteiger partial charge is 0.140 e. The summed E-state index contributed by atoms with van der Waals surface area (Å²) in [6.07, 6.45) is 0.378. The van der Waals surface area contributed by atoms with E-state index < -0.39 is 0 Å². The average molecular weight is 246 g/mol. The summed E-state index contributed by atoms with van der Waals surface area (Å²) in [6, 6.07) is 9.70. The molecule has 0 aliphatic rings. The average Bonchev–Trinajstić information content (AvgIpc) is 2.59. The number of halogens is 1. The second-order valence-corrected chi connectivity index (χ2v) is 4.30. The summed E-state index contributed by atoms with van der Waals surface area (Å²) in [5.41, 5.74) is 2.86. The summed E-state index contributed by atoms with van der Waals surface area (Å²) < 4.78 is 1.96. The van der Waals surface area contributed by atoms with Crippen LogP contribution < -0.4 is 0 Å². The third kappa shape index (κ3) is 2.17. The zero-order valence-corrected chi connectivity index (χ0v) is 10.5. The van der Waals surface area contributed by atoms with Gasteiger partial charge in [-0.2, -0.15) is 5.26 Å². The van der Waals surface area contributed by atoms with Crippen LogP contribution in [0.5, 0.6) is 0 Å². The fourth-order valence-electron chi connectivity index (χ4n) is 1.85. The van der Waals surface area contributed by atoms with Crippen molar-refractivity contribution in [1.82, 2.24) is 9.55 Å². The van der Waals surface area contributed by atoms with Crippen molar-refractivity contribution in [3.63, 3.8) is 0 Å². The van der Waals surface area contributed by atoms with Gasteiger partial charge in [-0.15, -0.1) is 0 Å². The van der Waals surface area contributed by atoms with Crippen molar-refractivity contribution in [3.8, 4) is 17.5 Å². The van der Waals surface area contributed by atoms with E-state index in [9.17, 15) is 0 Å². The Hall–Kier alpha value is -1.79. The lowest BCUT2D eigenvalue weighted by Crippen LogP contribution is -1.98. The highest BCUT2D eigenvalue weighted by molar-refractivity contribution is 6.30. The molecule has 0 aliphatic heterocycles. The number of hydrogen-bond acceptors (Lipinski definition) is 2. The molecule has 0 unspecified atom stereocenters. The van der Waals surface area contributed by atoms with E-state index in [1.807, 2.05) is 42.8 Å². The number of nitriles is 1. The van der Waals surface area contributed by atoms with Crippen LogP contribution in [-0.2, 0) is 13.5 Å². The Balaban J connectivity index is 2.50. The van der Waals surface area contributed by atoms with Gasteiger partial charge in [0.2, 0.25) is 0 Å². The molecule has 2 rings (SSSR count). The van der Waals surface area contributed by atoms with Gasteiger partial charge in [0.1, 0.15) is 5.82 Å². The molecule has 0 spiro atoms. The fourth-order valence-corrected chi connectivity index (χ4v) is 1.97. The molecule has 0 saturated heterocycles. The molecule has 1 aromatic heterocycles. The van der Waals surface area contributed by atoms with Crippen LogP contribution in [0.1, 0.15) is 11.4 Å². The van der Waals surface area contributed by atoms with E-state index in [0.29, 0.717) is 11.4 Å². The summed E-state index contributed by atoms with van der Waals surface area (Å²) in [5.74, 6) is 0.865. The summed E-state index contributed by atoms with van der Waals surface area (Å²) in [5, 5.41) is 9.48. The molecule has 0 saturated carbocycles. The van der Waals surface area contributed by atoms with E-state index in [4.69, 9.17) is 16.9 Å². The summed E-state index contributed by atoms with van der Waals surface area (Å²) >= 11 is 5.85.